The molecule has 1 atom stereocenters. The van der Waals surface area contributed by atoms with Crippen molar-refractivity contribution in [3.63, 3.8) is 0 Å². The lowest BCUT2D eigenvalue weighted by molar-refractivity contribution is 0.677. The predicted octanol–water partition coefficient (Wildman–Crippen LogP) is 2.94. The highest BCUT2D eigenvalue weighted by Crippen LogP contribution is 2.28. The minimum absolute atomic E-state index is 0.387. The van der Waals surface area contributed by atoms with Crippen LogP contribution in [0, 0.1) is 13.8 Å². The molecule has 6 heteroatoms. The minimum Gasteiger partial charge on any atom is -0.330 e. The maximum absolute atomic E-state index is 12.3. The zero-order chi connectivity index (χ0) is 13.4. The Morgan fingerprint density at radius 1 is 1.32 bits per heavy atom. The Morgan fingerprint density at radius 2 is 2.16 bits per heavy atom. The van der Waals surface area contributed by atoms with Crippen LogP contribution in [0.15, 0.2) is 29.6 Å². The quantitative estimate of drug-likeness (QED) is 0.807. The number of rotatable bonds is 3. The average molecular weight is 291 g/mol. The number of aryl methyl sites for hydroxylation is 2. The van der Waals surface area contributed by atoms with Gasteiger partial charge < -0.3 is 4.98 Å². The lowest BCUT2D eigenvalue weighted by atomic mass is 10.4. The highest BCUT2D eigenvalue weighted by Gasteiger charge is 2.15. The smallest absolute Gasteiger partial charge is 0.197 e. The number of thiophene rings is 1. The van der Waals surface area contributed by atoms with E-state index in [0.717, 1.165) is 21.6 Å². The Morgan fingerprint density at radius 3 is 2.84 bits per heavy atom. The fourth-order valence-corrected chi connectivity index (χ4v) is 3.92. The summed E-state index contributed by atoms with van der Waals surface area (Å²) in [6.07, 6.45) is 1.71. The molecular formula is C13H13N3OS2. The standard InChI is InChI=1S/C13H13N3OS2/c1-8-11-12(9(2)18-8)16-13(15-11)19(17)7-10-5-3-4-6-14-10/h3-6H,7H2,1-2H3,(H,15,16). The summed E-state index contributed by atoms with van der Waals surface area (Å²) >= 11 is 1.71. The summed E-state index contributed by atoms with van der Waals surface area (Å²) in [5.41, 5.74) is 2.76. The van der Waals surface area contributed by atoms with Gasteiger partial charge in [0.1, 0.15) is 5.52 Å². The van der Waals surface area contributed by atoms with Gasteiger partial charge in [0.05, 0.1) is 27.8 Å². The number of aromatic amines is 1. The van der Waals surface area contributed by atoms with Crippen molar-refractivity contribution in [1.82, 2.24) is 15.0 Å². The van der Waals surface area contributed by atoms with E-state index < -0.39 is 10.8 Å². The summed E-state index contributed by atoms with van der Waals surface area (Å²) in [5, 5.41) is 0.537. The molecule has 0 saturated heterocycles. The number of hydrogen-bond donors (Lipinski definition) is 1. The van der Waals surface area contributed by atoms with Crippen molar-refractivity contribution in [1.29, 1.82) is 0 Å². The van der Waals surface area contributed by atoms with E-state index in [4.69, 9.17) is 0 Å². The number of nitrogens with one attached hydrogen (secondary N) is 1. The lowest BCUT2D eigenvalue weighted by Crippen LogP contribution is -2.00. The fourth-order valence-electron chi connectivity index (χ4n) is 1.98. The van der Waals surface area contributed by atoms with Crippen LogP contribution >= 0.6 is 11.3 Å². The summed E-state index contributed by atoms with van der Waals surface area (Å²) in [5.74, 6) is 0.387. The van der Waals surface area contributed by atoms with Crippen molar-refractivity contribution >= 4 is 33.2 Å². The van der Waals surface area contributed by atoms with Gasteiger partial charge in [-0.1, -0.05) is 6.07 Å². The first kappa shape index (κ1) is 12.5. The molecule has 1 unspecified atom stereocenters. The van der Waals surface area contributed by atoms with Crippen molar-refractivity contribution in [3.8, 4) is 0 Å². The number of H-pyrrole nitrogens is 1. The first-order valence-corrected chi connectivity index (χ1v) is 8.02. The average Bonchev–Trinajstić information content (AvgIpc) is 2.94. The van der Waals surface area contributed by atoms with Gasteiger partial charge in [-0.05, 0) is 26.0 Å². The van der Waals surface area contributed by atoms with E-state index in [2.05, 4.69) is 15.0 Å². The third kappa shape index (κ3) is 2.33. The molecule has 3 aromatic heterocycles. The summed E-state index contributed by atoms with van der Waals surface area (Å²) < 4.78 is 12.3. The van der Waals surface area contributed by atoms with Gasteiger partial charge in [-0.15, -0.1) is 11.3 Å². The molecule has 3 rings (SSSR count). The molecule has 0 aliphatic heterocycles. The van der Waals surface area contributed by atoms with Crippen LogP contribution in [0.4, 0.5) is 0 Å². The van der Waals surface area contributed by atoms with Gasteiger partial charge in [-0.2, -0.15) is 0 Å². The van der Waals surface area contributed by atoms with Crippen molar-refractivity contribution in [2.24, 2.45) is 0 Å². The molecule has 0 aliphatic carbocycles. The topological polar surface area (TPSA) is 58.6 Å². The second-order valence-electron chi connectivity index (χ2n) is 4.29. The van der Waals surface area contributed by atoms with Gasteiger partial charge in [0.25, 0.3) is 0 Å². The van der Waals surface area contributed by atoms with Crippen LogP contribution in [-0.4, -0.2) is 19.2 Å². The Labute approximate surface area is 117 Å². The van der Waals surface area contributed by atoms with Crippen LogP contribution in [0.2, 0.25) is 0 Å². The first-order chi connectivity index (χ1) is 9.15. The minimum atomic E-state index is -1.19. The van der Waals surface area contributed by atoms with Crippen molar-refractivity contribution in [2.75, 3.05) is 0 Å². The number of fused-ring (bicyclic) bond motifs is 1. The molecule has 3 heterocycles. The number of imidazole rings is 1. The molecule has 0 saturated carbocycles. The Hall–Kier alpha value is -1.53. The van der Waals surface area contributed by atoms with E-state index >= 15 is 0 Å². The van der Waals surface area contributed by atoms with Crippen LogP contribution in [0.1, 0.15) is 15.4 Å². The van der Waals surface area contributed by atoms with Crippen LogP contribution in [0.3, 0.4) is 0 Å². The van der Waals surface area contributed by atoms with Crippen molar-refractivity contribution < 1.29 is 4.21 Å². The predicted molar refractivity (Wildman–Crippen MR) is 77.8 cm³/mol. The maximum Gasteiger partial charge on any atom is 0.197 e. The van der Waals surface area contributed by atoms with E-state index in [1.807, 2.05) is 32.0 Å². The molecule has 98 valence electrons. The number of hydrogen-bond acceptors (Lipinski definition) is 4. The third-order valence-corrected chi connectivity index (χ3v) is 5.09. The molecule has 4 nitrogen and oxygen atoms in total. The molecule has 0 bridgehead atoms. The summed E-state index contributed by atoms with van der Waals surface area (Å²) in [4.78, 5) is 14.2. The van der Waals surface area contributed by atoms with Crippen molar-refractivity contribution in [3.05, 3.63) is 39.8 Å². The molecule has 0 radical (unpaired) electrons. The van der Waals surface area contributed by atoms with Crippen LogP contribution in [-0.2, 0) is 16.6 Å². The lowest BCUT2D eigenvalue weighted by Gasteiger charge is -1.98. The Kier molecular flexibility index (Phi) is 3.20. The van der Waals surface area contributed by atoms with Crippen molar-refractivity contribution in [2.45, 2.75) is 24.8 Å². The molecule has 0 fully saturated rings. The zero-order valence-electron chi connectivity index (χ0n) is 10.6. The van der Waals surface area contributed by atoms with E-state index in [1.54, 1.807) is 17.5 Å². The number of aromatic nitrogens is 3. The first-order valence-electron chi connectivity index (χ1n) is 5.89. The van der Waals surface area contributed by atoms with Gasteiger partial charge in [-0.25, -0.2) is 4.98 Å². The molecule has 0 spiro atoms. The maximum atomic E-state index is 12.3. The normalized spacial score (nSPS) is 12.9. The van der Waals surface area contributed by atoms with Crippen LogP contribution in [0.25, 0.3) is 11.0 Å². The highest BCUT2D eigenvalue weighted by atomic mass is 32.2. The van der Waals surface area contributed by atoms with Gasteiger partial charge >= 0.3 is 0 Å². The summed E-state index contributed by atoms with van der Waals surface area (Å²) in [6.45, 7) is 4.08. The second kappa shape index (κ2) is 4.86. The van der Waals surface area contributed by atoms with Gasteiger partial charge in [0, 0.05) is 16.0 Å². The second-order valence-corrected chi connectivity index (χ2v) is 7.09. The summed E-state index contributed by atoms with van der Waals surface area (Å²) in [6, 6.07) is 5.62. The summed E-state index contributed by atoms with van der Waals surface area (Å²) in [7, 11) is -1.19. The number of pyridine rings is 1. The Bertz CT molecular complexity index is 711. The third-order valence-electron chi connectivity index (χ3n) is 2.89. The molecule has 1 N–H and O–H groups in total. The molecule has 0 amide bonds. The van der Waals surface area contributed by atoms with E-state index in [0.29, 0.717) is 10.9 Å². The van der Waals surface area contributed by atoms with Crippen LogP contribution < -0.4 is 0 Å². The fraction of sp³-hybridized carbons (Fsp3) is 0.231. The monoisotopic (exact) mass is 291 g/mol. The van der Waals surface area contributed by atoms with E-state index in [-0.39, 0.29) is 0 Å². The molecule has 3 aromatic rings. The number of nitrogens with zero attached hydrogens (tertiary/aromatic N) is 2. The largest absolute Gasteiger partial charge is 0.330 e. The molecule has 0 aromatic carbocycles. The van der Waals surface area contributed by atoms with Gasteiger partial charge in [0.2, 0.25) is 0 Å². The van der Waals surface area contributed by atoms with E-state index in [1.165, 1.54) is 4.88 Å². The Balaban J connectivity index is 1.92. The molecular weight excluding hydrogens is 278 g/mol. The SMILES string of the molecule is Cc1sc(C)c2[nH]c(S(=O)Cc3ccccn3)nc12. The van der Waals surface area contributed by atoms with E-state index in [9.17, 15) is 4.21 Å². The van der Waals surface area contributed by atoms with Gasteiger partial charge in [-0.3, -0.25) is 9.19 Å². The molecule has 19 heavy (non-hydrogen) atoms. The van der Waals surface area contributed by atoms with Gasteiger partial charge in [0.15, 0.2) is 5.16 Å². The van der Waals surface area contributed by atoms with Crippen LogP contribution in [0.5, 0.6) is 0 Å². The highest BCUT2D eigenvalue weighted by molar-refractivity contribution is 7.84. The molecule has 0 aliphatic rings. The zero-order valence-corrected chi connectivity index (χ0v) is 12.3.